The molecule has 0 bridgehead atoms. The van der Waals surface area contributed by atoms with Crippen molar-refractivity contribution in [2.75, 3.05) is 21.3 Å². The summed E-state index contributed by atoms with van der Waals surface area (Å²) < 4.78 is 12.8. The number of aromatic nitrogens is 1. The number of likely N-dealkylation sites (N-methyl/N-ethyl adjacent to an activating group) is 1. The van der Waals surface area contributed by atoms with Gasteiger partial charge in [0.2, 0.25) is 5.12 Å². The molecule has 4 rings (SSSR count). The van der Waals surface area contributed by atoms with Crippen molar-refractivity contribution < 1.29 is 19.1 Å². The maximum absolute atomic E-state index is 12.3. The van der Waals surface area contributed by atoms with E-state index in [2.05, 4.69) is 4.57 Å². The number of fused-ring (bicyclic) bond motifs is 1. The van der Waals surface area contributed by atoms with Gasteiger partial charge in [0.25, 0.3) is 5.24 Å². The highest BCUT2D eigenvalue weighted by molar-refractivity contribution is 8.26. The third-order valence-electron chi connectivity index (χ3n) is 4.99. The minimum absolute atomic E-state index is 0.134. The summed E-state index contributed by atoms with van der Waals surface area (Å²) in [5.41, 5.74) is 2.90. The lowest BCUT2D eigenvalue weighted by Gasteiger charge is -2.18. The Morgan fingerprint density at radius 3 is 2.36 bits per heavy atom. The first-order valence-electron chi connectivity index (χ1n) is 8.80. The van der Waals surface area contributed by atoms with Crippen molar-refractivity contribution in [3.05, 3.63) is 59.8 Å². The molecule has 2 heterocycles. The Morgan fingerprint density at radius 1 is 1.04 bits per heavy atom. The number of methoxy groups -OCH3 is 2. The van der Waals surface area contributed by atoms with E-state index in [0.29, 0.717) is 6.54 Å². The van der Waals surface area contributed by atoms with Gasteiger partial charge in [-0.05, 0) is 35.4 Å². The van der Waals surface area contributed by atoms with E-state index >= 15 is 0 Å². The molecule has 0 N–H and O–H groups in total. The van der Waals surface area contributed by atoms with E-state index in [-0.39, 0.29) is 10.4 Å². The standard InChI is InChI=1S/C21H20N2O4S/c1-22-19(20(24)28-21(22)25)17-5-4-6-18-16(17)7-8-23(18)12-13-9-14(26-2)11-15(10-13)27-3/h4-11,19H,12H2,1-3H3. The number of hydrogen-bond acceptors (Lipinski definition) is 5. The summed E-state index contributed by atoms with van der Waals surface area (Å²) in [6.07, 6.45) is 1.99. The van der Waals surface area contributed by atoms with Gasteiger partial charge >= 0.3 is 0 Å². The van der Waals surface area contributed by atoms with Gasteiger partial charge in [-0.1, -0.05) is 12.1 Å². The number of benzene rings is 2. The third-order valence-corrected chi connectivity index (χ3v) is 5.88. The zero-order chi connectivity index (χ0) is 19.8. The molecule has 1 aromatic heterocycles. The molecule has 0 saturated carbocycles. The molecule has 1 amide bonds. The second-order valence-corrected chi connectivity index (χ2v) is 7.60. The highest BCUT2D eigenvalue weighted by Gasteiger charge is 2.39. The van der Waals surface area contributed by atoms with Gasteiger partial charge in [0, 0.05) is 48.5 Å². The molecule has 0 spiro atoms. The first-order chi connectivity index (χ1) is 13.5. The fourth-order valence-corrected chi connectivity index (χ4v) is 4.41. The van der Waals surface area contributed by atoms with Crippen LogP contribution in [0.25, 0.3) is 10.9 Å². The maximum atomic E-state index is 12.3. The van der Waals surface area contributed by atoms with Gasteiger partial charge in [0.15, 0.2) is 0 Å². The van der Waals surface area contributed by atoms with Crippen LogP contribution in [0.4, 0.5) is 4.79 Å². The SMILES string of the molecule is COc1cc(Cn2ccc3c(C4C(=O)SC(=O)N4C)cccc32)cc(OC)c1. The zero-order valence-electron chi connectivity index (χ0n) is 15.8. The van der Waals surface area contributed by atoms with Gasteiger partial charge in [0.1, 0.15) is 17.5 Å². The van der Waals surface area contributed by atoms with Crippen LogP contribution >= 0.6 is 11.8 Å². The molecule has 0 radical (unpaired) electrons. The summed E-state index contributed by atoms with van der Waals surface area (Å²) in [5, 5.41) is 0.623. The van der Waals surface area contributed by atoms with Crippen LogP contribution in [0.15, 0.2) is 48.7 Å². The van der Waals surface area contributed by atoms with E-state index in [1.54, 1.807) is 21.3 Å². The second-order valence-electron chi connectivity index (χ2n) is 6.65. The van der Waals surface area contributed by atoms with E-state index < -0.39 is 6.04 Å². The van der Waals surface area contributed by atoms with E-state index in [4.69, 9.17) is 9.47 Å². The molecule has 0 aliphatic carbocycles. The average molecular weight is 396 g/mol. The van der Waals surface area contributed by atoms with Crippen LogP contribution in [0.2, 0.25) is 0 Å². The molecule has 1 atom stereocenters. The molecule has 144 valence electrons. The summed E-state index contributed by atoms with van der Waals surface area (Å²) in [5.74, 6) is 1.47. The summed E-state index contributed by atoms with van der Waals surface area (Å²) in [4.78, 5) is 25.8. The van der Waals surface area contributed by atoms with Gasteiger partial charge in [0.05, 0.1) is 14.2 Å². The third kappa shape index (κ3) is 3.11. The topological polar surface area (TPSA) is 60.8 Å². The number of carbonyl (C=O) groups is 2. The zero-order valence-corrected chi connectivity index (χ0v) is 16.7. The Bertz CT molecular complexity index is 1050. The number of ether oxygens (including phenoxy) is 2. The molecule has 1 fully saturated rings. The number of thioether (sulfide) groups is 1. The maximum Gasteiger partial charge on any atom is 0.289 e. The van der Waals surface area contributed by atoms with Gasteiger partial charge in [-0.15, -0.1) is 0 Å². The number of amides is 1. The van der Waals surface area contributed by atoms with Crippen molar-refractivity contribution in [1.29, 1.82) is 0 Å². The number of carbonyl (C=O) groups excluding carboxylic acids is 2. The van der Waals surface area contributed by atoms with Crippen molar-refractivity contribution in [3.8, 4) is 11.5 Å². The highest BCUT2D eigenvalue weighted by atomic mass is 32.2. The fraction of sp³-hybridized carbons (Fsp3) is 0.238. The molecule has 3 aromatic rings. The van der Waals surface area contributed by atoms with Gasteiger partial charge < -0.3 is 18.9 Å². The van der Waals surface area contributed by atoms with E-state index in [9.17, 15) is 9.59 Å². The summed E-state index contributed by atoms with van der Waals surface area (Å²) in [6.45, 7) is 0.628. The predicted octanol–water partition coefficient (Wildman–Crippen LogP) is 4.07. The summed E-state index contributed by atoms with van der Waals surface area (Å²) in [7, 11) is 4.93. The normalized spacial score (nSPS) is 16.8. The van der Waals surface area contributed by atoms with E-state index in [1.165, 1.54) is 4.90 Å². The van der Waals surface area contributed by atoms with Crippen molar-refractivity contribution in [3.63, 3.8) is 0 Å². The Morgan fingerprint density at radius 2 is 1.75 bits per heavy atom. The van der Waals surface area contributed by atoms with Crippen LogP contribution in [0.5, 0.6) is 11.5 Å². The average Bonchev–Trinajstić information content (AvgIpc) is 3.21. The molecule has 1 saturated heterocycles. The largest absolute Gasteiger partial charge is 0.497 e. The van der Waals surface area contributed by atoms with Crippen LogP contribution in [-0.4, -0.2) is 41.1 Å². The summed E-state index contributed by atoms with van der Waals surface area (Å²) >= 11 is 0.771. The Balaban J connectivity index is 1.73. The molecule has 1 aliphatic heterocycles. The smallest absolute Gasteiger partial charge is 0.289 e. The lowest BCUT2D eigenvalue weighted by molar-refractivity contribution is -0.113. The minimum atomic E-state index is -0.547. The number of hydrogen-bond donors (Lipinski definition) is 0. The molecule has 1 unspecified atom stereocenters. The van der Waals surface area contributed by atoms with Crippen molar-refractivity contribution in [2.45, 2.75) is 12.6 Å². The molecule has 7 heteroatoms. The second kappa shape index (κ2) is 7.24. The molecule has 2 aromatic carbocycles. The predicted molar refractivity (Wildman–Crippen MR) is 109 cm³/mol. The molecule has 28 heavy (non-hydrogen) atoms. The van der Waals surface area contributed by atoms with Crippen LogP contribution in [0.3, 0.4) is 0 Å². The van der Waals surface area contributed by atoms with E-state index in [0.717, 1.165) is 45.3 Å². The lowest BCUT2D eigenvalue weighted by Crippen LogP contribution is -2.23. The van der Waals surface area contributed by atoms with Crippen molar-refractivity contribution in [1.82, 2.24) is 9.47 Å². The molecular formula is C21H20N2O4S. The quantitative estimate of drug-likeness (QED) is 0.651. The van der Waals surface area contributed by atoms with Gasteiger partial charge in [-0.2, -0.15) is 0 Å². The first kappa shape index (κ1) is 18.4. The van der Waals surface area contributed by atoms with Crippen LogP contribution < -0.4 is 9.47 Å². The van der Waals surface area contributed by atoms with E-state index in [1.807, 2.05) is 48.7 Å². The Hall–Kier alpha value is -2.93. The summed E-state index contributed by atoms with van der Waals surface area (Å²) in [6, 6.07) is 13.1. The fourth-order valence-electron chi connectivity index (χ4n) is 3.59. The molecule has 1 aliphatic rings. The Labute approximate surface area is 167 Å². The lowest BCUT2D eigenvalue weighted by atomic mass is 10.0. The first-order valence-corrected chi connectivity index (χ1v) is 9.61. The number of rotatable bonds is 5. The monoisotopic (exact) mass is 396 g/mol. The van der Waals surface area contributed by atoms with Crippen molar-refractivity contribution in [2.24, 2.45) is 0 Å². The van der Waals surface area contributed by atoms with Crippen LogP contribution in [-0.2, 0) is 11.3 Å². The highest BCUT2D eigenvalue weighted by Crippen LogP contribution is 2.38. The van der Waals surface area contributed by atoms with Crippen molar-refractivity contribution >= 4 is 33.0 Å². The molecule has 6 nitrogen and oxygen atoms in total. The van der Waals surface area contributed by atoms with Crippen LogP contribution in [0.1, 0.15) is 17.2 Å². The molecular weight excluding hydrogens is 376 g/mol. The Kier molecular flexibility index (Phi) is 4.77. The number of nitrogens with zero attached hydrogens (tertiary/aromatic N) is 2. The minimum Gasteiger partial charge on any atom is -0.497 e. The van der Waals surface area contributed by atoms with Gasteiger partial charge in [-0.3, -0.25) is 9.59 Å². The van der Waals surface area contributed by atoms with Crippen LogP contribution in [0, 0.1) is 0 Å². The van der Waals surface area contributed by atoms with Gasteiger partial charge in [-0.25, -0.2) is 0 Å².